The van der Waals surface area contributed by atoms with E-state index in [1.54, 1.807) is 6.33 Å². The molecule has 1 aromatic rings. The highest BCUT2D eigenvalue weighted by Gasteiger charge is 2.16. The van der Waals surface area contributed by atoms with Gasteiger partial charge in [0.15, 0.2) is 0 Å². The lowest BCUT2D eigenvalue weighted by atomic mass is 10.1. The zero-order valence-electron chi connectivity index (χ0n) is 10.7. The largest absolute Gasteiger partial charge is 0.383 e. The predicted octanol–water partition coefficient (Wildman–Crippen LogP) is 2.25. The second kappa shape index (κ2) is 5.68. The van der Waals surface area contributed by atoms with Crippen molar-refractivity contribution in [3.8, 4) is 0 Å². The number of hydrogen-bond acceptors (Lipinski definition) is 4. The quantitative estimate of drug-likeness (QED) is 0.830. The van der Waals surface area contributed by atoms with Crippen molar-refractivity contribution in [2.24, 2.45) is 0 Å². The first kappa shape index (κ1) is 12.7. The van der Waals surface area contributed by atoms with Crippen molar-refractivity contribution >= 4 is 11.6 Å². The van der Waals surface area contributed by atoms with Crippen LogP contribution in [0.5, 0.6) is 0 Å². The SMILES string of the molecule is CCCc1c(N)ncnc1N(CC)C(C)C. The maximum Gasteiger partial charge on any atom is 0.137 e. The Bertz CT molecular complexity index is 336. The van der Waals surface area contributed by atoms with Gasteiger partial charge in [0.25, 0.3) is 0 Å². The van der Waals surface area contributed by atoms with E-state index in [2.05, 4.69) is 42.6 Å². The van der Waals surface area contributed by atoms with Crippen LogP contribution < -0.4 is 10.6 Å². The minimum atomic E-state index is 0.426. The third kappa shape index (κ3) is 2.62. The molecule has 1 rings (SSSR count). The summed E-state index contributed by atoms with van der Waals surface area (Å²) < 4.78 is 0. The average molecular weight is 222 g/mol. The molecule has 2 N–H and O–H groups in total. The van der Waals surface area contributed by atoms with Gasteiger partial charge in [-0.2, -0.15) is 0 Å². The fraction of sp³-hybridized carbons (Fsp3) is 0.667. The van der Waals surface area contributed by atoms with Crippen molar-refractivity contribution in [1.82, 2.24) is 9.97 Å². The van der Waals surface area contributed by atoms with Crippen LogP contribution in [0.2, 0.25) is 0 Å². The van der Waals surface area contributed by atoms with Crippen molar-refractivity contribution in [2.75, 3.05) is 17.2 Å². The van der Waals surface area contributed by atoms with Gasteiger partial charge in [0.1, 0.15) is 18.0 Å². The van der Waals surface area contributed by atoms with E-state index in [1.807, 2.05) is 0 Å². The molecule has 1 heterocycles. The molecule has 90 valence electrons. The van der Waals surface area contributed by atoms with Gasteiger partial charge in [0.05, 0.1) is 0 Å². The van der Waals surface area contributed by atoms with Gasteiger partial charge in [-0.15, -0.1) is 0 Å². The molecule has 0 aromatic carbocycles. The average Bonchev–Trinajstić information content (AvgIpc) is 2.23. The molecular formula is C12H22N4. The van der Waals surface area contributed by atoms with E-state index >= 15 is 0 Å². The first-order valence-corrected chi connectivity index (χ1v) is 5.97. The lowest BCUT2D eigenvalue weighted by Gasteiger charge is -2.28. The molecule has 0 fully saturated rings. The van der Waals surface area contributed by atoms with Crippen LogP contribution in [0.25, 0.3) is 0 Å². The monoisotopic (exact) mass is 222 g/mol. The van der Waals surface area contributed by atoms with Gasteiger partial charge in [-0.3, -0.25) is 0 Å². The molecule has 0 atom stereocenters. The minimum Gasteiger partial charge on any atom is -0.383 e. The molecular weight excluding hydrogens is 200 g/mol. The van der Waals surface area contributed by atoms with Crippen LogP contribution in [0.3, 0.4) is 0 Å². The van der Waals surface area contributed by atoms with Crippen LogP contribution >= 0.6 is 0 Å². The number of rotatable bonds is 5. The fourth-order valence-corrected chi connectivity index (χ4v) is 1.91. The van der Waals surface area contributed by atoms with Crippen molar-refractivity contribution in [3.05, 3.63) is 11.9 Å². The molecule has 0 spiro atoms. The molecule has 1 aromatic heterocycles. The number of aromatic nitrogens is 2. The highest BCUT2D eigenvalue weighted by molar-refractivity contribution is 5.57. The molecule has 0 aliphatic heterocycles. The molecule has 0 saturated carbocycles. The maximum absolute atomic E-state index is 5.92. The Hall–Kier alpha value is -1.32. The van der Waals surface area contributed by atoms with Crippen molar-refractivity contribution < 1.29 is 0 Å². The summed E-state index contributed by atoms with van der Waals surface area (Å²) in [5, 5.41) is 0. The Morgan fingerprint density at radius 1 is 1.31 bits per heavy atom. The van der Waals surface area contributed by atoms with Gasteiger partial charge in [-0.1, -0.05) is 13.3 Å². The summed E-state index contributed by atoms with van der Waals surface area (Å²) in [4.78, 5) is 10.7. The molecule has 0 saturated heterocycles. The normalized spacial score (nSPS) is 10.8. The Kier molecular flexibility index (Phi) is 4.52. The number of hydrogen-bond donors (Lipinski definition) is 1. The van der Waals surface area contributed by atoms with E-state index in [1.165, 1.54) is 0 Å². The summed E-state index contributed by atoms with van der Waals surface area (Å²) in [7, 11) is 0. The maximum atomic E-state index is 5.92. The van der Waals surface area contributed by atoms with Gasteiger partial charge in [0.2, 0.25) is 0 Å². The van der Waals surface area contributed by atoms with E-state index in [0.29, 0.717) is 11.9 Å². The molecule has 0 unspecified atom stereocenters. The third-order valence-corrected chi connectivity index (χ3v) is 2.69. The van der Waals surface area contributed by atoms with E-state index in [4.69, 9.17) is 5.73 Å². The topological polar surface area (TPSA) is 55.0 Å². The summed E-state index contributed by atoms with van der Waals surface area (Å²) in [6, 6.07) is 0.426. The summed E-state index contributed by atoms with van der Waals surface area (Å²) in [6.45, 7) is 9.54. The van der Waals surface area contributed by atoms with E-state index < -0.39 is 0 Å². The lowest BCUT2D eigenvalue weighted by Crippen LogP contribution is -2.32. The van der Waals surface area contributed by atoms with Gasteiger partial charge in [-0.25, -0.2) is 9.97 Å². The summed E-state index contributed by atoms with van der Waals surface area (Å²) >= 11 is 0. The van der Waals surface area contributed by atoms with Gasteiger partial charge >= 0.3 is 0 Å². The van der Waals surface area contributed by atoms with E-state index in [-0.39, 0.29) is 0 Å². The summed E-state index contributed by atoms with van der Waals surface area (Å²) in [5.41, 5.74) is 7.01. The van der Waals surface area contributed by atoms with Crippen LogP contribution in [0.4, 0.5) is 11.6 Å². The number of nitrogen functional groups attached to an aromatic ring is 1. The van der Waals surface area contributed by atoms with Crippen LogP contribution in [0.15, 0.2) is 6.33 Å². The van der Waals surface area contributed by atoms with Gasteiger partial charge < -0.3 is 10.6 Å². The molecule has 0 radical (unpaired) electrons. The number of anilines is 2. The number of nitrogens with two attached hydrogens (primary N) is 1. The summed E-state index contributed by atoms with van der Waals surface area (Å²) in [5.74, 6) is 1.61. The first-order chi connectivity index (χ1) is 7.61. The molecule has 0 aliphatic carbocycles. The molecule has 16 heavy (non-hydrogen) atoms. The molecule has 0 amide bonds. The van der Waals surface area contributed by atoms with Crippen LogP contribution in [-0.2, 0) is 6.42 Å². The van der Waals surface area contributed by atoms with Crippen LogP contribution in [0.1, 0.15) is 39.7 Å². The second-order valence-electron chi connectivity index (χ2n) is 4.19. The van der Waals surface area contributed by atoms with Crippen LogP contribution in [0, 0.1) is 0 Å². The second-order valence-corrected chi connectivity index (χ2v) is 4.19. The number of nitrogens with zero attached hydrogens (tertiary/aromatic N) is 3. The van der Waals surface area contributed by atoms with Gasteiger partial charge in [-0.05, 0) is 27.2 Å². The van der Waals surface area contributed by atoms with Crippen molar-refractivity contribution in [1.29, 1.82) is 0 Å². The van der Waals surface area contributed by atoms with Crippen molar-refractivity contribution in [2.45, 2.75) is 46.6 Å². The molecule has 4 heteroatoms. The highest BCUT2D eigenvalue weighted by Crippen LogP contribution is 2.24. The zero-order valence-corrected chi connectivity index (χ0v) is 10.7. The predicted molar refractivity (Wildman–Crippen MR) is 68.6 cm³/mol. The Balaban J connectivity index is 3.14. The highest BCUT2D eigenvalue weighted by atomic mass is 15.2. The van der Waals surface area contributed by atoms with Crippen LogP contribution in [-0.4, -0.2) is 22.6 Å². The lowest BCUT2D eigenvalue weighted by molar-refractivity contribution is 0.685. The standard InChI is InChI=1S/C12H22N4/c1-5-7-10-11(13)14-8-15-12(10)16(6-2)9(3)4/h8-9H,5-7H2,1-4H3,(H2,13,14,15). The Morgan fingerprint density at radius 3 is 2.50 bits per heavy atom. The van der Waals surface area contributed by atoms with E-state index in [9.17, 15) is 0 Å². The zero-order chi connectivity index (χ0) is 12.1. The van der Waals surface area contributed by atoms with Crippen molar-refractivity contribution in [3.63, 3.8) is 0 Å². The smallest absolute Gasteiger partial charge is 0.137 e. The first-order valence-electron chi connectivity index (χ1n) is 5.97. The molecule has 4 nitrogen and oxygen atoms in total. The summed E-state index contributed by atoms with van der Waals surface area (Å²) in [6.07, 6.45) is 3.54. The van der Waals surface area contributed by atoms with E-state index in [0.717, 1.165) is 30.8 Å². The third-order valence-electron chi connectivity index (χ3n) is 2.69. The minimum absolute atomic E-state index is 0.426. The molecule has 0 bridgehead atoms. The Labute approximate surface area is 97.9 Å². The Morgan fingerprint density at radius 2 is 2.00 bits per heavy atom. The fourth-order valence-electron chi connectivity index (χ4n) is 1.91. The molecule has 0 aliphatic rings. The van der Waals surface area contributed by atoms with Gasteiger partial charge in [0, 0.05) is 18.2 Å².